The molecule has 2 aromatic rings. The summed E-state index contributed by atoms with van der Waals surface area (Å²) < 4.78 is 10.2. The zero-order valence-corrected chi connectivity index (χ0v) is 14.0. The van der Waals surface area contributed by atoms with Crippen molar-refractivity contribution in [3.05, 3.63) is 34.3 Å². The first-order valence-electron chi connectivity index (χ1n) is 6.58. The molecule has 2 heterocycles. The molecule has 0 aliphatic carbocycles. The smallest absolute Gasteiger partial charge is 0.261 e. The Kier molecular flexibility index (Phi) is 6.47. The van der Waals surface area contributed by atoms with Gasteiger partial charge < -0.3 is 14.8 Å². The highest BCUT2D eigenvalue weighted by Gasteiger charge is 2.07. The molecule has 1 N–H and O–H groups in total. The largest absolute Gasteiger partial charge is 0.481 e. The third-order valence-corrected chi connectivity index (χ3v) is 4.48. The monoisotopic (exact) mass is 339 g/mol. The summed E-state index contributed by atoms with van der Waals surface area (Å²) in [5, 5.41) is 4.76. The fourth-order valence-corrected chi connectivity index (χ4v) is 2.96. The standard InChI is InChI=1S/C14H17N3O3S2/c1-19-12-8-13(20-2)17-11(16-12)9-21-7-5-15-14(18)10-4-3-6-22-10/h3-4,6,8H,5,7,9H2,1-2H3,(H,15,18). The molecule has 0 atom stereocenters. The average Bonchev–Trinajstić information content (AvgIpc) is 3.08. The molecular weight excluding hydrogens is 322 g/mol. The van der Waals surface area contributed by atoms with Crippen molar-refractivity contribution in [1.82, 2.24) is 15.3 Å². The topological polar surface area (TPSA) is 73.3 Å². The maximum atomic E-state index is 11.7. The van der Waals surface area contributed by atoms with E-state index in [1.165, 1.54) is 11.3 Å². The molecule has 2 rings (SSSR count). The number of rotatable bonds is 8. The van der Waals surface area contributed by atoms with E-state index in [-0.39, 0.29) is 5.91 Å². The Morgan fingerprint density at radius 3 is 2.64 bits per heavy atom. The van der Waals surface area contributed by atoms with E-state index in [1.54, 1.807) is 32.0 Å². The number of carbonyl (C=O) groups is 1. The molecule has 0 saturated heterocycles. The van der Waals surface area contributed by atoms with Crippen LogP contribution in [0.4, 0.5) is 0 Å². The van der Waals surface area contributed by atoms with E-state index in [9.17, 15) is 4.79 Å². The molecule has 0 aliphatic heterocycles. The molecule has 22 heavy (non-hydrogen) atoms. The van der Waals surface area contributed by atoms with Gasteiger partial charge in [-0.15, -0.1) is 11.3 Å². The summed E-state index contributed by atoms with van der Waals surface area (Å²) in [6, 6.07) is 5.31. The lowest BCUT2D eigenvalue weighted by molar-refractivity contribution is 0.0960. The number of carbonyl (C=O) groups excluding carboxylic acids is 1. The van der Waals surface area contributed by atoms with Crippen LogP contribution in [0.15, 0.2) is 23.6 Å². The first-order chi connectivity index (χ1) is 10.7. The van der Waals surface area contributed by atoms with Crippen LogP contribution in [0.5, 0.6) is 11.8 Å². The zero-order valence-electron chi connectivity index (χ0n) is 12.4. The maximum Gasteiger partial charge on any atom is 0.261 e. The molecule has 1 amide bonds. The van der Waals surface area contributed by atoms with Gasteiger partial charge in [-0.25, -0.2) is 0 Å². The van der Waals surface area contributed by atoms with Crippen LogP contribution in [0.25, 0.3) is 0 Å². The number of hydrogen-bond donors (Lipinski definition) is 1. The minimum atomic E-state index is -0.0325. The Morgan fingerprint density at radius 1 is 1.32 bits per heavy atom. The molecule has 0 radical (unpaired) electrons. The van der Waals surface area contributed by atoms with Crippen LogP contribution in [-0.2, 0) is 5.75 Å². The molecule has 0 aliphatic rings. The van der Waals surface area contributed by atoms with Gasteiger partial charge in [-0.05, 0) is 11.4 Å². The Hall–Kier alpha value is -1.80. The van der Waals surface area contributed by atoms with Crippen molar-refractivity contribution >= 4 is 29.0 Å². The van der Waals surface area contributed by atoms with Gasteiger partial charge in [-0.2, -0.15) is 21.7 Å². The molecule has 0 bridgehead atoms. The van der Waals surface area contributed by atoms with E-state index >= 15 is 0 Å². The molecule has 0 aromatic carbocycles. The van der Waals surface area contributed by atoms with Gasteiger partial charge in [-0.3, -0.25) is 4.79 Å². The van der Waals surface area contributed by atoms with Crippen molar-refractivity contribution < 1.29 is 14.3 Å². The maximum absolute atomic E-state index is 11.7. The minimum absolute atomic E-state index is 0.0325. The van der Waals surface area contributed by atoms with Crippen molar-refractivity contribution in [2.75, 3.05) is 26.5 Å². The molecule has 0 fully saturated rings. The van der Waals surface area contributed by atoms with E-state index < -0.39 is 0 Å². The number of ether oxygens (including phenoxy) is 2. The van der Waals surface area contributed by atoms with Gasteiger partial charge in [0.25, 0.3) is 5.91 Å². The van der Waals surface area contributed by atoms with Crippen LogP contribution < -0.4 is 14.8 Å². The van der Waals surface area contributed by atoms with Crippen molar-refractivity contribution in [1.29, 1.82) is 0 Å². The molecule has 0 unspecified atom stereocenters. The fraction of sp³-hybridized carbons (Fsp3) is 0.357. The average molecular weight is 339 g/mol. The van der Waals surface area contributed by atoms with Crippen LogP contribution >= 0.6 is 23.1 Å². The number of thioether (sulfide) groups is 1. The minimum Gasteiger partial charge on any atom is -0.481 e. The molecule has 6 nitrogen and oxygen atoms in total. The molecule has 2 aromatic heterocycles. The Balaban J connectivity index is 1.73. The third-order valence-electron chi connectivity index (χ3n) is 2.65. The summed E-state index contributed by atoms with van der Waals surface area (Å²) in [5.74, 6) is 2.98. The van der Waals surface area contributed by atoms with Gasteiger partial charge in [-0.1, -0.05) is 6.07 Å². The Bertz CT molecular complexity index is 583. The Morgan fingerprint density at radius 2 is 2.05 bits per heavy atom. The summed E-state index contributed by atoms with van der Waals surface area (Å²) in [5.41, 5.74) is 0. The molecule has 118 valence electrons. The van der Waals surface area contributed by atoms with Crippen LogP contribution in [0.3, 0.4) is 0 Å². The number of amides is 1. The number of nitrogens with zero attached hydrogens (tertiary/aromatic N) is 2. The van der Waals surface area contributed by atoms with Gasteiger partial charge >= 0.3 is 0 Å². The van der Waals surface area contributed by atoms with Crippen molar-refractivity contribution in [3.63, 3.8) is 0 Å². The predicted molar refractivity (Wildman–Crippen MR) is 88.0 cm³/mol. The second kappa shape index (κ2) is 8.60. The summed E-state index contributed by atoms with van der Waals surface area (Å²) in [6.07, 6.45) is 0. The number of hydrogen-bond acceptors (Lipinski definition) is 7. The predicted octanol–water partition coefficient (Wildman–Crippen LogP) is 2.22. The molecule has 0 saturated carbocycles. The summed E-state index contributed by atoms with van der Waals surface area (Å²) in [6.45, 7) is 0.600. The van der Waals surface area contributed by atoms with Gasteiger partial charge in [0, 0.05) is 12.3 Å². The second-order valence-electron chi connectivity index (χ2n) is 4.15. The van der Waals surface area contributed by atoms with Crippen molar-refractivity contribution in [2.45, 2.75) is 5.75 Å². The van der Waals surface area contributed by atoms with Gasteiger partial charge in [0.15, 0.2) is 0 Å². The summed E-state index contributed by atoms with van der Waals surface area (Å²) in [7, 11) is 3.11. The first kappa shape index (κ1) is 16.6. The lowest BCUT2D eigenvalue weighted by atomic mass is 10.4. The second-order valence-corrected chi connectivity index (χ2v) is 6.21. The summed E-state index contributed by atoms with van der Waals surface area (Å²) >= 11 is 3.07. The SMILES string of the molecule is COc1cc(OC)nc(CSCCNC(=O)c2cccs2)n1. The van der Waals surface area contributed by atoms with Crippen LogP contribution in [0.1, 0.15) is 15.5 Å². The van der Waals surface area contributed by atoms with Crippen LogP contribution in [-0.4, -0.2) is 42.4 Å². The molecule has 8 heteroatoms. The number of nitrogens with one attached hydrogen (secondary N) is 1. The van der Waals surface area contributed by atoms with Crippen LogP contribution in [0, 0.1) is 0 Å². The van der Waals surface area contributed by atoms with Gasteiger partial charge in [0.1, 0.15) is 5.82 Å². The number of methoxy groups -OCH3 is 2. The quantitative estimate of drug-likeness (QED) is 0.744. The van der Waals surface area contributed by atoms with Crippen molar-refractivity contribution in [3.8, 4) is 11.8 Å². The highest BCUT2D eigenvalue weighted by atomic mass is 32.2. The molecular formula is C14H17N3O3S2. The van der Waals surface area contributed by atoms with E-state index in [1.807, 2.05) is 17.5 Å². The third kappa shape index (κ3) is 4.88. The van der Waals surface area contributed by atoms with Gasteiger partial charge in [0.2, 0.25) is 11.8 Å². The zero-order chi connectivity index (χ0) is 15.8. The van der Waals surface area contributed by atoms with E-state index in [0.29, 0.717) is 29.9 Å². The van der Waals surface area contributed by atoms with E-state index in [4.69, 9.17) is 9.47 Å². The molecule has 0 spiro atoms. The number of thiophene rings is 1. The first-order valence-corrected chi connectivity index (χ1v) is 8.61. The van der Waals surface area contributed by atoms with E-state index in [2.05, 4.69) is 15.3 Å². The van der Waals surface area contributed by atoms with Crippen LogP contribution in [0.2, 0.25) is 0 Å². The van der Waals surface area contributed by atoms with Gasteiger partial charge in [0.05, 0.1) is 30.9 Å². The van der Waals surface area contributed by atoms with E-state index in [0.717, 1.165) is 10.6 Å². The normalized spacial score (nSPS) is 10.3. The lowest BCUT2D eigenvalue weighted by Gasteiger charge is -2.06. The number of aromatic nitrogens is 2. The summed E-state index contributed by atoms with van der Waals surface area (Å²) in [4.78, 5) is 21.0. The highest BCUT2D eigenvalue weighted by molar-refractivity contribution is 7.98. The lowest BCUT2D eigenvalue weighted by Crippen LogP contribution is -2.24. The van der Waals surface area contributed by atoms with Crippen molar-refractivity contribution in [2.24, 2.45) is 0 Å². The Labute approximate surface area is 137 Å². The fourth-order valence-electron chi connectivity index (χ4n) is 1.62. The highest BCUT2D eigenvalue weighted by Crippen LogP contribution is 2.17.